The lowest BCUT2D eigenvalue weighted by Crippen LogP contribution is -2.31. The fourth-order valence-electron chi connectivity index (χ4n) is 3.28. The maximum atomic E-state index is 12.8. The van der Waals surface area contributed by atoms with Crippen LogP contribution in [0.1, 0.15) is 50.8 Å². The number of hydrogen-bond donors (Lipinski definition) is 1. The Bertz CT molecular complexity index is 779. The van der Waals surface area contributed by atoms with Crippen LogP contribution in [0.15, 0.2) is 41.1 Å². The van der Waals surface area contributed by atoms with Crippen LogP contribution in [-0.2, 0) is 16.0 Å². The molecule has 0 spiro atoms. The summed E-state index contributed by atoms with van der Waals surface area (Å²) >= 11 is 1.67. The summed E-state index contributed by atoms with van der Waals surface area (Å²) in [5.74, 6) is 0.150. The minimum atomic E-state index is -0.537. The van der Waals surface area contributed by atoms with Gasteiger partial charge in [0.1, 0.15) is 5.60 Å². The number of rotatable bonds is 4. The van der Waals surface area contributed by atoms with Crippen molar-refractivity contribution in [2.24, 2.45) is 0 Å². The molecular weight excluding hydrogens is 360 g/mol. The number of likely N-dealkylation sites (tertiary alicyclic amines) is 1. The molecule has 27 heavy (non-hydrogen) atoms. The maximum absolute atomic E-state index is 12.8. The number of nitrogens with zero attached hydrogens (tertiary/aromatic N) is 1. The fourth-order valence-corrected chi connectivity index (χ4v) is 3.99. The third-order valence-corrected chi connectivity index (χ3v) is 5.16. The molecule has 2 heterocycles. The molecule has 1 unspecified atom stereocenters. The molecule has 1 N–H and O–H groups in total. The van der Waals surface area contributed by atoms with Crippen LogP contribution in [0.2, 0.25) is 0 Å². The van der Waals surface area contributed by atoms with Crippen LogP contribution in [0.4, 0.5) is 10.5 Å². The zero-order chi connectivity index (χ0) is 19.4. The van der Waals surface area contributed by atoms with Gasteiger partial charge >= 0.3 is 6.09 Å². The first kappa shape index (κ1) is 19.4. The van der Waals surface area contributed by atoms with E-state index in [4.69, 9.17) is 4.74 Å². The number of nitrogens with one attached hydrogen (secondary N) is 1. The summed E-state index contributed by atoms with van der Waals surface area (Å²) in [6, 6.07) is 9.66. The second-order valence-corrected chi connectivity index (χ2v) is 8.58. The lowest BCUT2D eigenvalue weighted by atomic mass is 10.1. The monoisotopic (exact) mass is 386 g/mol. The Labute approximate surface area is 164 Å². The van der Waals surface area contributed by atoms with Crippen molar-refractivity contribution in [2.75, 3.05) is 11.9 Å². The van der Waals surface area contributed by atoms with E-state index in [0.717, 1.165) is 24.9 Å². The summed E-state index contributed by atoms with van der Waals surface area (Å²) in [6.45, 7) is 6.28. The van der Waals surface area contributed by atoms with Gasteiger partial charge in [-0.3, -0.25) is 10.1 Å². The van der Waals surface area contributed by atoms with Gasteiger partial charge in [0, 0.05) is 12.2 Å². The molecule has 0 radical (unpaired) electrons. The minimum Gasteiger partial charge on any atom is -0.444 e. The highest BCUT2D eigenvalue weighted by Crippen LogP contribution is 2.33. The molecular formula is C21H26N2O3S. The Morgan fingerprint density at radius 3 is 2.59 bits per heavy atom. The average molecular weight is 387 g/mol. The summed E-state index contributed by atoms with van der Waals surface area (Å²) in [5.41, 5.74) is 2.29. The first-order chi connectivity index (χ1) is 12.8. The smallest absolute Gasteiger partial charge is 0.412 e. The molecule has 0 saturated carbocycles. The van der Waals surface area contributed by atoms with Crippen LogP contribution in [0.5, 0.6) is 0 Å². The number of carbonyl (C=O) groups is 2. The van der Waals surface area contributed by atoms with Gasteiger partial charge in [-0.1, -0.05) is 12.1 Å². The first-order valence-corrected chi connectivity index (χ1v) is 10.2. The fraction of sp³-hybridized carbons (Fsp3) is 0.429. The highest BCUT2D eigenvalue weighted by atomic mass is 32.1. The lowest BCUT2D eigenvalue weighted by molar-refractivity contribution is -0.131. The Morgan fingerprint density at radius 2 is 1.96 bits per heavy atom. The van der Waals surface area contributed by atoms with E-state index < -0.39 is 11.7 Å². The average Bonchev–Trinajstić information content (AvgIpc) is 3.25. The summed E-state index contributed by atoms with van der Waals surface area (Å²) in [4.78, 5) is 26.6. The van der Waals surface area contributed by atoms with Crippen molar-refractivity contribution in [1.82, 2.24) is 4.90 Å². The van der Waals surface area contributed by atoms with Gasteiger partial charge in [-0.15, -0.1) is 0 Å². The van der Waals surface area contributed by atoms with Gasteiger partial charge in [-0.2, -0.15) is 11.3 Å². The summed E-state index contributed by atoms with van der Waals surface area (Å²) < 4.78 is 5.24. The van der Waals surface area contributed by atoms with Crippen molar-refractivity contribution in [2.45, 2.75) is 51.7 Å². The van der Waals surface area contributed by atoms with Crippen molar-refractivity contribution in [3.8, 4) is 0 Å². The van der Waals surface area contributed by atoms with Gasteiger partial charge in [0.05, 0.1) is 12.5 Å². The Hall–Kier alpha value is -2.34. The maximum Gasteiger partial charge on any atom is 0.412 e. The van der Waals surface area contributed by atoms with Crippen LogP contribution in [0, 0.1) is 0 Å². The van der Waals surface area contributed by atoms with Crippen LogP contribution in [0.3, 0.4) is 0 Å². The molecule has 3 rings (SSSR count). The lowest BCUT2D eigenvalue weighted by Gasteiger charge is -2.24. The largest absolute Gasteiger partial charge is 0.444 e. The van der Waals surface area contributed by atoms with Crippen LogP contribution < -0.4 is 5.32 Å². The SMILES string of the molecule is CC(C)(C)OC(=O)Nc1ccc(CC(=O)N2CCCC2c2ccsc2)cc1. The van der Waals surface area contributed by atoms with E-state index in [1.807, 2.05) is 37.8 Å². The zero-order valence-electron chi connectivity index (χ0n) is 16.0. The quantitative estimate of drug-likeness (QED) is 0.804. The molecule has 1 aromatic carbocycles. The molecule has 144 valence electrons. The third-order valence-electron chi connectivity index (χ3n) is 4.46. The van der Waals surface area contributed by atoms with Gasteiger partial charge < -0.3 is 9.64 Å². The molecule has 2 aromatic rings. The van der Waals surface area contributed by atoms with Crippen LogP contribution in [-0.4, -0.2) is 29.0 Å². The highest BCUT2D eigenvalue weighted by molar-refractivity contribution is 7.08. The van der Waals surface area contributed by atoms with E-state index in [-0.39, 0.29) is 11.9 Å². The van der Waals surface area contributed by atoms with Crippen LogP contribution in [0.25, 0.3) is 0 Å². The second-order valence-electron chi connectivity index (χ2n) is 7.80. The normalized spacial score (nSPS) is 17.0. The van der Waals surface area contributed by atoms with E-state index in [1.165, 1.54) is 5.56 Å². The second kappa shape index (κ2) is 8.13. The number of hydrogen-bond acceptors (Lipinski definition) is 4. The Balaban J connectivity index is 1.58. The molecule has 1 aliphatic heterocycles. The Kier molecular flexibility index (Phi) is 5.85. The number of ether oxygens (including phenoxy) is 1. The number of carbonyl (C=O) groups excluding carboxylic acids is 2. The van der Waals surface area contributed by atoms with Gasteiger partial charge in [0.25, 0.3) is 0 Å². The molecule has 1 saturated heterocycles. The molecule has 0 bridgehead atoms. The number of anilines is 1. The summed E-state index contributed by atoms with van der Waals surface area (Å²) in [7, 11) is 0. The topological polar surface area (TPSA) is 58.6 Å². The molecule has 6 heteroatoms. The third kappa shape index (κ3) is 5.32. The molecule has 1 fully saturated rings. The van der Waals surface area contributed by atoms with Crippen LogP contribution >= 0.6 is 11.3 Å². The van der Waals surface area contributed by atoms with Gasteiger partial charge in [0.15, 0.2) is 0 Å². The van der Waals surface area contributed by atoms with E-state index >= 15 is 0 Å². The summed E-state index contributed by atoms with van der Waals surface area (Å²) in [5, 5.41) is 6.90. The van der Waals surface area contributed by atoms with Crippen molar-refractivity contribution < 1.29 is 14.3 Å². The molecule has 2 amide bonds. The van der Waals surface area contributed by atoms with Gasteiger partial charge in [-0.25, -0.2) is 4.79 Å². The van der Waals surface area contributed by atoms with Crippen molar-refractivity contribution in [1.29, 1.82) is 0 Å². The highest BCUT2D eigenvalue weighted by Gasteiger charge is 2.29. The van der Waals surface area contributed by atoms with E-state index in [0.29, 0.717) is 12.1 Å². The predicted octanol–water partition coefficient (Wildman–Crippen LogP) is 5.00. The van der Waals surface area contributed by atoms with E-state index in [1.54, 1.807) is 23.5 Å². The summed E-state index contributed by atoms with van der Waals surface area (Å²) in [6.07, 6.45) is 1.96. The zero-order valence-corrected chi connectivity index (χ0v) is 16.8. The van der Waals surface area contributed by atoms with Crippen molar-refractivity contribution in [3.05, 3.63) is 52.2 Å². The predicted molar refractivity (Wildman–Crippen MR) is 108 cm³/mol. The first-order valence-electron chi connectivity index (χ1n) is 9.22. The number of thiophene rings is 1. The Morgan fingerprint density at radius 1 is 1.22 bits per heavy atom. The standard InChI is InChI=1S/C21H26N2O3S/c1-21(2,3)26-20(25)22-17-8-6-15(7-9-17)13-19(24)23-11-4-5-18(23)16-10-12-27-14-16/h6-10,12,14,18H,4-5,11,13H2,1-3H3,(H,22,25). The molecule has 1 aromatic heterocycles. The van der Waals surface area contributed by atoms with Crippen molar-refractivity contribution >= 4 is 29.0 Å². The molecule has 0 aliphatic carbocycles. The number of amides is 2. The molecule has 1 aliphatic rings. The minimum absolute atomic E-state index is 0.150. The van der Waals surface area contributed by atoms with E-state index in [2.05, 4.69) is 22.1 Å². The van der Waals surface area contributed by atoms with E-state index in [9.17, 15) is 9.59 Å². The molecule has 5 nitrogen and oxygen atoms in total. The molecule has 1 atom stereocenters. The number of benzene rings is 1. The van der Waals surface area contributed by atoms with Gasteiger partial charge in [-0.05, 0) is 73.7 Å². The van der Waals surface area contributed by atoms with Crippen molar-refractivity contribution in [3.63, 3.8) is 0 Å². The van der Waals surface area contributed by atoms with Gasteiger partial charge in [0.2, 0.25) is 5.91 Å².